The normalized spacial score (nSPS) is 17.2. The molecule has 1 heterocycles. The molecule has 3 rings (SSSR count). The molecule has 0 aliphatic carbocycles. The van der Waals surface area contributed by atoms with Crippen LogP contribution in [0.5, 0.6) is 0 Å². The summed E-state index contributed by atoms with van der Waals surface area (Å²) in [5.41, 5.74) is 0.979. The maximum atomic E-state index is 14.3. The monoisotopic (exact) mass is 374 g/mol. The number of hydrogen-bond donors (Lipinski definition) is 1. The summed E-state index contributed by atoms with van der Waals surface area (Å²) in [6.07, 6.45) is 0. The Morgan fingerprint density at radius 3 is 2.31 bits per heavy atom. The number of allylic oxidation sites excluding steroid dienone is 1. The van der Waals surface area contributed by atoms with Crippen molar-refractivity contribution in [3.63, 3.8) is 0 Å². The van der Waals surface area contributed by atoms with Gasteiger partial charge in [-0.3, -0.25) is 4.90 Å². The van der Waals surface area contributed by atoms with E-state index in [1.54, 1.807) is 11.8 Å². The van der Waals surface area contributed by atoms with E-state index in [-0.39, 0.29) is 16.2 Å². The van der Waals surface area contributed by atoms with Gasteiger partial charge in [-0.2, -0.15) is 0 Å². The molecule has 2 aromatic rings. The average molecular weight is 374 g/mol. The van der Waals surface area contributed by atoms with Crippen LogP contribution in [0.1, 0.15) is 18.5 Å². The van der Waals surface area contributed by atoms with Gasteiger partial charge in [-0.15, -0.1) is 0 Å². The predicted molar refractivity (Wildman–Crippen MR) is 98.5 cm³/mol. The highest BCUT2D eigenvalue weighted by atomic mass is 32.1. The molecule has 2 aromatic carbocycles. The topological polar surface area (TPSA) is 41.6 Å². The number of anilines is 1. The van der Waals surface area contributed by atoms with Crippen molar-refractivity contribution in [1.82, 2.24) is 5.32 Å². The molecule has 134 valence electrons. The molecule has 0 spiro atoms. The second kappa shape index (κ2) is 7.21. The van der Waals surface area contributed by atoms with E-state index in [0.717, 1.165) is 17.8 Å². The zero-order valence-corrected chi connectivity index (χ0v) is 14.9. The zero-order chi connectivity index (χ0) is 18.8. The summed E-state index contributed by atoms with van der Waals surface area (Å²) in [4.78, 5) is 14.1. The van der Waals surface area contributed by atoms with E-state index in [2.05, 4.69) is 5.32 Å². The summed E-state index contributed by atoms with van der Waals surface area (Å²) < 4.78 is 33.5. The maximum absolute atomic E-state index is 14.3. The maximum Gasteiger partial charge on any atom is 0.337 e. The number of hydrogen-bond acceptors (Lipinski definition) is 3. The van der Waals surface area contributed by atoms with Gasteiger partial charge in [-0.25, -0.2) is 13.6 Å². The summed E-state index contributed by atoms with van der Waals surface area (Å²) >= 11 is 5.41. The molecule has 1 atom stereocenters. The number of thiocarbonyl (C=S) groups is 1. The van der Waals surface area contributed by atoms with Gasteiger partial charge in [0.25, 0.3) is 0 Å². The van der Waals surface area contributed by atoms with Crippen molar-refractivity contribution in [1.29, 1.82) is 0 Å². The number of carbonyl (C=O) groups excluding carboxylic acids is 1. The van der Waals surface area contributed by atoms with Gasteiger partial charge in [0.1, 0.15) is 11.6 Å². The van der Waals surface area contributed by atoms with Crippen LogP contribution in [0.15, 0.2) is 59.8 Å². The van der Waals surface area contributed by atoms with Crippen molar-refractivity contribution in [2.24, 2.45) is 0 Å². The lowest BCUT2D eigenvalue weighted by molar-refractivity contribution is -0.136. The zero-order valence-electron chi connectivity index (χ0n) is 14.1. The highest BCUT2D eigenvalue weighted by Gasteiger charge is 2.37. The first-order valence-electron chi connectivity index (χ1n) is 7.84. The first kappa shape index (κ1) is 18.0. The summed E-state index contributed by atoms with van der Waals surface area (Å²) in [5, 5.41) is 3.11. The molecule has 0 aromatic heterocycles. The van der Waals surface area contributed by atoms with Gasteiger partial charge >= 0.3 is 5.97 Å². The smallest absolute Gasteiger partial charge is 0.337 e. The molecule has 0 saturated carbocycles. The molecule has 1 aliphatic rings. The van der Waals surface area contributed by atoms with Crippen LogP contribution in [0.25, 0.3) is 0 Å². The summed E-state index contributed by atoms with van der Waals surface area (Å²) in [5.74, 6) is -2.23. The van der Waals surface area contributed by atoms with Crippen LogP contribution in [0.2, 0.25) is 0 Å². The average Bonchev–Trinajstić information content (AvgIpc) is 2.62. The van der Waals surface area contributed by atoms with Gasteiger partial charge in [0.15, 0.2) is 5.11 Å². The van der Waals surface area contributed by atoms with Crippen molar-refractivity contribution < 1.29 is 18.3 Å². The number of nitrogens with one attached hydrogen (secondary N) is 1. The number of para-hydroxylation sites is 1. The quantitative estimate of drug-likeness (QED) is 0.653. The Kier molecular flexibility index (Phi) is 4.99. The number of benzene rings is 2. The molecule has 1 unspecified atom stereocenters. The van der Waals surface area contributed by atoms with Gasteiger partial charge < -0.3 is 10.1 Å². The van der Waals surface area contributed by atoms with Crippen LogP contribution in [-0.4, -0.2) is 18.2 Å². The van der Waals surface area contributed by atoms with E-state index in [4.69, 9.17) is 17.0 Å². The minimum absolute atomic E-state index is 0.0916. The molecule has 1 N–H and O–H groups in total. The molecular weight excluding hydrogens is 358 g/mol. The summed E-state index contributed by atoms with van der Waals surface area (Å²) in [6, 6.07) is 11.6. The summed E-state index contributed by atoms with van der Waals surface area (Å²) in [7, 11) is 1.22. The van der Waals surface area contributed by atoms with Crippen LogP contribution < -0.4 is 10.2 Å². The molecule has 0 radical (unpaired) electrons. The van der Waals surface area contributed by atoms with Crippen molar-refractivity contribution in [3.05, 3.63) is 77.0 Å². The number of methoxy groups -OCH3 is 1. The van der Waals surface area contributed by atoms with Crippen LogP contribution >= 0.6 is 12.2 Å². The van der Waals surface area contributed by atoms with Crippen molar-refractivity contribution in [2.75, 3.05) is 12.0 Å². The largest absolute Gasteiger partial charge is 0.466 e. The molecule has 0 fully saturated rings. The third-order valence-corrected chi connectivity index (χ3v) is 4.49. The molecule has 0 saturated heterocycles. The second-order valence-corrected chi connectivity index (χ2v) is 6.07. The number of nitrogens with zero attached hydrogens (tertiary/aromatic N) is 1. The second-order valence-electron chi connectivity index (χ2n) is 5.68. The van der Waals surface area contributed by atoms with E-state index in [0.29, 0.717) is 5.70 Å². The third kappa shape index (κ3) is 3.06. The first-order valence-corrected chi connectivity index (χ1v) is 8.25. The van der Waals surface area contributed by atoms with Crippen molar-refractivity contribution >= 4 is 29.0 Å². The third-order valence-electron chi connectivity index (χ3n) is 4.19. The Labute approximate surface area is 155 Å². The minimum Gasteiger partial charge on any atom is -0.466 e. The van der Waals surface area contributed by atoms with E-state index in [1.165, 1.54) is 13.2 Å². The molecule has 1 aliphatic heterocycles. The van der Waals surface area contributed by atoms with Crippen molar-refractivity contribution in [3.8, 4) is 0 Å². The molecule has 4 nitrogen and oxygen atoms in total. The van der Waals surface area contributed by atoms with Gasteiger partial charge in [0.2, 0.25) is 0 Å². The van der Waals surface area contributed by atoms with Gasteiger partial charge in [0, 0.05) is 11.4 Å². The molecular formula is C19H16F2N2O2S. The van der Waals surface area contributed by atoms with Crippen LogP contribution in [0.3, 0.4) is 0 Å². The number of ether oxygens (including phenoxy) is 1. The Morgan fingerprint density at radius 1 is 1.12 bits per heavy atom. The molecule has 26 heavy (non-hydrogen) atoms. The fourth-order valence-electron chi connectivity index (χ4n) is 3.01. The summed E-state index contributed by atoms with van der Waals surface area (Å²) in [6.45, 7) is 1.66. The standard InChI is InChI=1S/C19H16F2N2O2S/c1-11-15(18(24)25-2)17(16-13(20)9-6-10-14(16)21)22-19(26)23(11)12-7-4-3-5-8-12/h3-10,17H,1-2H3,(H,22,26). The highest BCUT2D eigenvalue weighted by Crippen LogP contribution is 2.35. The van der Waals surface area contributed by atoms with E-state index in [1.807, 2.05) is 30.3 Å². The number of carbonyl (C=O) groups is 1. The Bertz CT molecular complexity index is 879. The Balaban J connectivity index is 2.20. The fourth-order valence-corrected chi connectivity index (χ4v) is 3.37. The highest BCUT2D eigenvalue weighted by molar-refractivity contribution is 7.80. The Morgan fingerprint density at radius 2 is 1.73 bits per heavy atom. The van der Waals surface area contributed by atoms with Gasteiger partial charge in [-0.05, 0) is 43.4 Å². The lowest BCUT2D eigenvalue weighted by Gasteiger charge is -2.37. The van der Waals surface area contributed by atoms with Crippen LogP contribution in [0.4, 0.5) is 14.5 Å². The van der Waals surface area contributed by atoms with E-state index >= 15 is 0 Å². The number of rotatable bonds is 3. The molecule has 7 heteroatoms. The van der Waals surface area contributed by atoms with Crippen molar-refractivity contribution in [2.45, 2.75) is 13.0 Å². The van der Waals surface area contributed by atoms with Gasteiger partial charge in [-0.1, -0.05) is 24.3 Å². The molecule has 0 amide bonds. The fraction of sp³-hybridized carbons (Fsp3) is 0.158. The lowest BCUT2D eigenvalue weighted by atomic mass is 9.94. The van der Waals surface area contributed by atoms with Crippen LogP contribution in [0, 0.1) is 11.6 Å². The van der Waals surface area contributed by atoms with Crippen LogP contribution in [-0.2, 0) is 9.53 Å². The SMILES string of the molecule is COC(=O)C1=C(C)N(c2ccccc2)C(=S)NC1c1c(F)cccc1F. The first-order chi connectivity index (χ1) is 12.5. The lowest BCUT2D eigenvalue weighted by Crippen LogP contribution is -2.48. The molecule has 0 bridgehead atoms. The van der Waals surface area contributed by atoms with E-state index < -0.39 is 23.6 Å². The number of esters is 1. The number of halogens is 2. The van der Waals surface area contributed by atoms with E-state index in [9.17, 15) is 13.6 Å². The Hall–Kier alpha value is -2.80. The minimum atomic E-state index is -1.09. The van der Waals surface area contributed by atoms with Gasteiger partial charge in [0.05, 0.1) is 24.3 Å². The predicted octanol–water partition coefficient (Wildman–Crippen LogP) is 3.85.